The summed E-state index contributed by atoms with van der Waals surface area (Å²) in [5, 5.41) is 8.55. The Kier molecular flexibility index (Phi) is 2.87. The molecule has 1 unspecified atom stereocenters. The fraction of sp³-hybridized carbons (Fsp3) is 0.667. The molecule has 0 aliphatic carbocycles. The molecular weight excluding hydrogens is 154 g/mol. The van der Waals surface area contributed by atoms with E-state index in [1.165, 1.54) is 0 Å². The largest absolute Gasteiger partial charge is 0.481 e. The SMILES string of the molecule is C=C(CC(=O)O)C1CCCN1C. The molecule has 0 aromatic heterocycles. The lowest BCUT2D eigenvalue weighted by atomic mass is 10.0. The van der Waals surface area contributed by atoms with E-state index >= 15 is 0 Å². The van der Waals surface area contributed by atoms with Crippen LogP contribution in [0, 0.1) is 0 Å². The van der Waals surface area contributed by atoms with Gasteiger partial charge in [-0.3, -0.25) is 9.69 Å². The zero-order valence-corrected chi connectivity index (χ0v) is 7.42. The van der Waals surface area contributed by atoms with Crippen LogP contribution >= 0.6 is 0 Å². The average molecular weight is 169 g/mol. The van der Waals surface area contributed by atoms with Crippen molar-refractivity contribution in [3.05, 3.63) is 12.2 Å². The molecule has 1 fully saturated rings. The van der Waals surface area contributed by atoms with E-state index in [9.17, 15) is 4.79 Å². The van der Waals surface area contributed by atoms with Gasteiger partial charge in [-0.25, -0.2) is 0 Å². The molecule has 1 rings (SSSR count). The molecule has 0 aromatic carbocycles. The first kappa shape index (κ1) is 9.26. The van der Waals surface area contributed by atoms with Crippen LogP contribution in [0.25, 0.3) is 0 Å². The number of hydrogen-bond donors (Lipinski definition) is 1. The van der Waals surface area contributed by atoms with Crippen LogP contribution < -0.4 is 0 Å². The lowest BCUT2D eigenvalue weighted by molar-refractivity contribution is -0.136. The second-order valence-electron chi connectivity index (χ2n) is 3.37. The zero-order chi connectivity index (χ0) is 9.14. The number of carboxylic acid groups (broad SMARTS) is 1. The Morgan fingerprint density at radius 3 is 2.83 bits per heavy atom. The first-order valence-corrected chi connectivity index (χ1v) is 4.21. The lowest BCUT2D eigenvalue weighted by Gasteiger charge is -2.20. The Balaban J connectivity index is 2.46. The number of likely N-dealkylation sites (N-methyl/N-ethyl adjacent to an activating group) is 1. The van der Waals surface area contributed by atoms with Gasteiger partial charge in [0.1, 0.15) is 0 Å². The molecule has 1 N–H and O–H groups in total. The van der Waals surface area contributed by atoms with Crippen molar-refractivity contribution in [1.29, 1.82) is 0 Å². The molecular formula is C9H15NO2. The van der Waals surface area contributed by atoms with Gasteiger partial charge in [-0.05, 0) is 32.0 Å². The third kappa shape index (κ3) is 2.08. The quantitative estimate of drug-likeness (QED) is 0.643. The van der Waals surface area contributed by atoms with E-state index in [4.69, 9.17) is 5.11 Å². The van der Waals surface area contributed by atoms with Crippen LogP contribution in [0.1, 0.15) is 19.3 Å². The van der Waals surface area contributed by atoms with Crippen LogP contribution in [0.4, 0.5) is 0 Å². The third-order valence-corrected chi connectivity index (χ3v) is 2.37. The van der Waals surface area contributed by atoms with E-state index in [2.05, 4.69) is 11.5 Å². The van der Waals surface area contributed by atoms with Gasteiger partial charge in [-0.15, -0.1) is 0 Å². The summed E-state index contributed by atoms with van der Waals surface area (Å²) in [7, 11) is 2.02. The number of carbonyl (C=O) groups is 1. The van der Waals surface area contributed by atoms with Gasteiger partial charge in [0.05, 0.1) is 6.42 Å². The van der Waals surface area contributed by atoms with E-state index in [1.807, 2.05) is 7.05 Å². The van der Waals surface area contributed by atoms with Crippen molar-refractivity contribution in [2.45, 2.75) is 25.3 Å². The lowest BCUT2D eigenvalue weighted by Crippen LogP contribution is -2.27. The van der Waals surface area contributed by atoms with E-state index in [1.54, 1.807) is 0 Å². The zero-order valence-electron chi connectivity index (χ0n) is 7.42. The molecule has 1 atom stereocenters. The first-order valence-electron chi connectivity index (χ1n) is 4.21. The molecule has 0 amide bonds. The molecule has 3 nitrogen and oxygen atoms in total. The average Bonchev–Trinajstić information content (AvgIpc) is 2.33. The van der Waals surface area contributed by atoms with Crippen molar-refractivity contribution in [3.63, 3.8) is 0 Å². The predicted molar refractivity (Wildman–Crippen MR) is 47.0 cm³/mol. The van der Waals surface area contributed by atoms with Crippen molar-refractivity contribution in [1.82, 2.24) is 4.90 Å². The van der Waals surface area contributed by atoms with Gasteiger partial charge >= 0.3 is 5.97 Å². The van der Waals surface area contributed by atoms with Crippen molar-refractivity contribution in [3.8, 4) is 0 Å². The van der Waals surface area contributed by atoms with Crippen LogP contribution in [-0.2, 0) is 4.79 Å². The monoisotopic (exact) mass is 169 g/mol. The van der Waals surface area contributed by atoms with Gasteiger partial charge in [0.25, 0.3) is 0 Å². The highest BCUT2D eigenvalue weighted by Crippen LogP contribution is 2.22. The number of nitrogens with zero attached hydrogens (tertiary/aromatic N) is 1. The highest BCUT2D eigenvalue weighted by atomic mass is 16.4. The minimum absolute atomic E-state index is 0.106. The van der Waals surface area contributed by atoms with Crippen LogP contribution in [0.2, 0.25) is 0 Å². The van der Waals surface area contributed by atoms with Crippen molar-refractivity contribution in [2.75, 3.05) is 13.6 Å². The maximum absolute atomic E-state index is 10.4. The van der Waals surface area contributed by atoms with Crippen molar-refractivity contribution in [2.24, 2.45) is 0 Å². The third-order valence-electron chi connectivity index (χ3n) is 2.37. The van der Waals surface area contributed by atoms with Crippen molar-refractivity contribution >= 4 is 5.97 Å². The molecule has 0 radical (unpaired) electrons. The van der Waals surface area contributed by atoms with E-state index in [-0.39, 0.29) is 6.42 Å². The molecule has 1 saturated heterocycles. The van der Waals surface area contributed by atoms with Gasteiger partial charge in [-0.2, -0.15) is 0 Å². The van der Waals surface area contributed by atoms with E-state index < -0.39 is 5.97 Å². The van der Waals surface area contributed by atoms with Crippen LogP contribution in [0.3, 0.4) is 0 Å². The van der Waals surface area contributed by atoms with Gasteiger partial charge in [-0.1, -0.05) is 6.58 Å². The van der Waals surface area contributed by atoms with Crippen LogP contribution in [0.15, 0.2) is 12.2 Å². The fourth-order valence-corrected chi connectivity index (χ4v) is 1.74. The summed E-state index contributed by atoms with van der Waals surface area (Å²) in [6.45, 7) is 4.86. The molecule has 0 aromatic rings. The Morgan fingerprint density at radius 2 is 2.42 bits per heavy atom. The van der Waals surface area contributed by atoms with E-state index in [0.717, 1.165) is 25.0 Å². The summed E-state index contributed by atoms with van der Waals surface area (Å²) in [4.78, 5) is 12.6. The molecule has 0 spiro atoms. The topological polar surface area (TPSA) is 40.5 Å². The molecule has 1 aliphatic heterocycles. The van der Waals surface area contributed by atoms with Crippen LogP contribution in [0.5, 0.6) is 0 Å². The van der Waals surface area contributed by atoms with Gasteiger partial charge in [0, 0.05) is 6.04 Å². The summed E-state index contributed by atoms with van der Waals surface area (Å²) >= 11 is 0. The number of carboxylic acids is 1. The molecule has 1 aliphatic rings. The Bertz CT molecular complexity index is 201. The predicted octanol–water partition coefficient (Wildman–Crippen LogP) is 1.11. The Labute approximate surface area is 72.7 Å². The molecule has 0 bridgehead atoms. The van der Waals surface area contributed by atoms with Crippen molar-refractivity contribution < 1.29 is 9.90 Å². The second kappa shape index (κ2) is 3.72. The summed E-state index contributed by atoms with van der Waals surface area (Å²) in [5.74, 6) is -0.777. The number of hydrogen-bond acceptors (Lipinski definition) is 2. The number of aliphatic carboxylic acids is 1. The van der Waals surface area contributed by atoms with Gasteiger partial charge in [0.15, 0.2) is 0 Å². The smallest absolute Gasteiger partial charge is 0.307 e. The Hall–Kier alpha value is -0.830. The molecule has 12 heavy (non-hydrogen) atoms. The number of rotatable bonds is 3. The molecule has 68 valence electrons. The summed E-state index contributed by atoms with van der Waals surface area (Å²) < 4.78 is 0. The first-order chi connectivity index (χ1) is 5.61. The summed E-state index contributed by atoms with van der Waals surface area (Å²) in [5.41, 5.74) is 0.836. The summed E-state index contributed by atoms with van der Waals surface area (Å²) in [6.07, 6.45) is 2.32. The van der Waals surface area contributed by atoms with Crippen LogP contribution in [-0.4, -0.2) is 35.6 Å². The highest BCUT2D eigenvalue weighted by molar-refractivity contribution is 5.70. The molecule has 3 heteroatoms. The highest BCUT2D eigenvalue weighted by Gasteiger charge is 2.24. The van der Waals surface area contributed by atoms with E-state index in [0.29, 0.717) is 6.04 Å². The molecule has 1 heterocycles. The maximum Gasteiger partial charge on any atom is 0.307 e. The maximum atomic E-state index is 10.4. The molecule has 0 saturated carbocycles. The standard InChI is InChI=1S/C9H15NO2/c1-7(6-9(11)12)8-4-3-5-10(8)2/h8H,1,3-6H2,2H3,(H,11,12). The minimum atomic E-state index is -0.777. The normalized spacial score (nSPS) is 24.2. The second-order valence-corrected chi connectivity index (χ2v) is 3.37. The van der Waals surface area contributed by atoms with Gasteiger partial charge < -0.3 is 5.11 Å². The van der Waals surface area contributed by atoms with Gasteiger partial charge in [0.2, 0.25) is 0 Å². The number of likely N-dealkylation sites (tertiary alicyclic amines) is 1. The minimum Gasteiger partial charge on any atom is -0.481 e. The Morgan fingerprint density at radius 1 is 1.75 bits per heavy atom. The summed E-state index contributed by atoms with van der Waals surface area (Å²) in [6, 6.07) is 0.293. The fourth-order valence-electron chi connectivity index (χ4n) is 1.74.